The van der Waals surface area contributed by atoms with Crippen molar-refractivity contribution in [1.82, 2.24) is 19.7 Å². The molecule has 3 heterocycles. The molecule has 5 rings (SSSR count). The average molecular weight is 508 g/mol. The van der Waals surface area contributed by atoms with E-state index in [-0.39, 0.29) is 25.0 Å². The molecule has 37 heavy (non-hydrogen) atoms. The lowest BCUT2D eigenvalue weighted by Crippen LogP contribution is -2.39. The van der Waals surface area contributed by atoms with Crippen LogP contribution in [0.3, 0.4) is 0 Å². The van der Waals surface area contributed by atoms with E-state index >= 15 is 0 Å². The van der Waals surface area contributed by atoms with Crippen LogP contribution in [0, 0.1) is 6.92 Å². The standard InChI is InChI=1S/C27H24F3N5O2/c1-16(2)20-6-4-5-7-21(20)25-31-13-22-26(32-25)34(24(36)15-37-22)14-18-8-10-19(11-9-18)35-17(3)12-23(33-35)27(28,29)30/h4-13,16H,14-15H2,1-3H3. The van der Waals surface area contributed by atoms with Gasteiger partial charge in [-0.1, -0.05) is 50.2 Å². The minimum Gasteiger partial charge on any atom is -0.478 e. The van der Waals surface area contributed by atoms with Crippen LogP contribution in [0.4, 0.5) is 19.0 Å². The topological polar surface area (TPSA) is 73.1 Å². The molecule has 2 aromatic carbocycles. The van der Waals surface area contributed by atoms with E-state index < -0.39 is 11.9 Å². The van der Waals surface area contributed by atoms with Crippen molar-refractivity contribution < 1.29 is 22.7 Å². The van der Waals surface area contributed by atoms with Crippen molar-refractivity contribution in [2.75, 3.05) is 11.5 Å². The first kappa shape index (κ1) is 24.5. The number of alkyl halides is 3. The van der Waals surface area contributed by atoms with Gasteiger partial charge in [0, 0.05) is 11.3 Å². The van der Waals surface area contributed by atoms with Crippen molar-refractivity contribution in [3.63, 3.8) is 0 Å². The van der Waals surface area contributed by atoms with Gasteiger partial charge in [0.05, 0.1) is 18.4 Å². The quantitative estimate of drug-likeness (QED) is 0.346. The second-order valence-electron chi connectivity index (χ2n) is 9.14. The molecule has 1 amide bonds. The molecule has 0 unspecified atom stereocenters. The van der Waals surface area contributed by atoms with Crippen molar-refractivity contribution in [1.29, 1.82) is 0 Å². The van der Waals surface area contributed by atoms with Crippen LogP contribution in [-0.2, 0) is 17.5 Å². The fourth-order valence-corrected chi connectivity index (χ4v) is 4.29. The van der Waals surface area contributed by atoms with Gasteiger partial charge in [-0.05, 0) is 42.2 Å². The summed E-state index contributed by atoms with van der Waals surface area (Å²) in [7, 11) is 0. The molecule has 0 fully saturated rings. The van der Waals surface area contributed by atoms with E-state index in [1.165, 1.54) is 9.58 Å². The number of fused-ring (bicyclic) bond motifs is 1. The first-order valence-corrected chi connectivity index (χ1v) is 11.7. The zero-order valence-corrected chi connectivity index (χ0v) is 20.5. The number of rotatable bonds is 5. The molecule has 2 aromatic heterocycles. The molecule has 0 radical (unpaired) electrons. The summed E-state index contributed by atoms with van der Waals surface area (Å²) < 4.78 is 45.9. The van der Waals surface area contributed by atoms with Gasteiger partial charge in [-0.2, -0.15) is 18.3 Å². The zero-order valence-electron chi connectivity index (χ0n) is 20.5. The monoisotopic (exact) mass is 507 g/mol. The molecule has 0 atom stereocenters. The maximum absolute atomic E-state index is 13.0. The largest absolute Gasteiger partial charge is 0.478 e. The molecule has 1 aliphatic heterocycles. The molecule has 1 aliphatic rings. The third-order valence-electron chi connectivity index (χ3n) is 6.17. The normalized spacial score (nSPS) is 13.6. The lowest BCUT2D eigenvalue weighted by Gasteiger charge is -2.28. The fraction of sp³-hybridized carbons (Fsp3) is 0.259. The smallest absolute Gasteiger partial charge is 0.435 e. The predicted octanol–water partition coefficient (Wildman–Crippen LogP) is 5.71. The lowest BCUT2D eigenvalue weighted by molar-refractivity contribution is -0.141. The Hall–Kier alpha value is -4.21. The van der Waals surface area contributed by atoms with Gasteiger partial charge in [-0.25, -0.2) is 14.6 Å². The molecule has 4 aromatic rings. The molecule has 0 aliphatic carbocycles. The molecule has 7 nitrogen and oxygen atoms in total. The highest BCUT2D eigenvalue weighted by Crippen LogP contribution is 2.35. The number of nitrogens with zero attached hydrogens (tertiary/aromatic N) is 5. The summed E-state index contributed by atoms with van der Waals surface area (Å²) in [4.78, 5) is 23.6. The maximum atomic E-state index is 13.0. The fourth-order valence-electron chi connectivity index (χ4n) is 4.29. The molecular weight excluding hydrogens is 483 g/mol. The number of ether oxygens (including phenoxy) is 1. The van der Waals surface area contributed by atoms with Crippen LogP contribution in [0.1, 0.15) is 42.3 Å². The second-order valence-corrected chi connectivity index (χ2v) is 9.14. The van der Waals surface area contributed by atoms with E-state index in [9.17, 15) is 18.0 Å². The summed E-state index contributed by atoms with van der Waals surface area (Å²) in [6.45, 7) is 5.82. The molecule has 0 spiro atoms. The SMILES string of the molecule is Cc1cc(C(F)(F)F)nn1-c1ccc(CN2C(=O)COc3cnc(-c4ccccc4C(C)C)nc32)cc1. The minimum atomic E-state index is -4.52. The lowest BCUT2D eigenvalue weighted by atomic mass is 9.97. The summed E-state index contributed by atoms with van der Waals surface area (Å²) in [5.41, 5.74) is 2.65. The molecule has 0 N–H and O–H groups in total. The Bertz CT molecular complexity index is 1460. The van der Waals surface area contributed by atoms with E-state index in [1.54, 1.807) is 37.4 Å². The van der Waals surface area contributed by atoms with Gasteiger partial charge >= 0.3 is 6.18 Å². The molecule has 190 valence electrons. The molecular formula is C27H24F3N5O2. The Kier molecular flexibility index (Phi) is 6.18. The first-order chi connectivity index (χ1) is 17.6. The predicted molar refractivity (Wildman–Crippen MR) is 132 cm³/mol. The van der Waals surface area contributed by atoms with Crippen LogP contribution >= 0.6 is 0 Å². The van der Waals surface area contributed by atoms with E-state index in [4.69, 9.17) is 9.72 Å². The van der Waals surface area contributed by atoms with Crippen LogP contribution in [0.2, 0.25) is 0 Å². The first-order valence-electron chi connectivity index (χ1n) is 11.7. The highest BCUT2D eigenvalue weighted by molar-refractivity contribution is 5.96. The third-order valence-corrected chi connectivity index (χ3v) is 6.17. The third kappa shape index (κ3) is 4.78. The number of carbonyl (C=O) groups is 1. The molecule has 0 saturated heterocycles. The Morgan fingerprint density at radius 1 is 1.08 bits per heavy atom. The van der Waals surface area contributed by atoms with Crippen molar-refractivity contribution in [3.05, 3.63) is 83.3 Å². The Morgan fingerprint density at radius 2 is 1.81 bits per heavy atom. The van der Waals surface area contributed by atoms with Gasteiger partial charge in [0.2, 0.25) is 0 Å². The summed E-state index contributed by atoms with van der Waals surface area (Å²) in [6, 6.07) is 15.7. The number of hydrogen-bond donors (Lipinski definition) is 0. The minimum absolute atomic E-state index is 0.136. The van der Waals surface area contributed by atoms with Crippen molar-refractivity contribution in [2.45, 2.75) is 39.4 Å². The van der Waals surface area contributed by atoms with Gasteiger partial charge in [0.1, 0.15) is 0 Å². The highest BCUT2D eigenvalue weighted by atomic mass is 19.4. The highest BCUT2D eigenvalue weighted by Gasteiger charge is 2.34. The van der Waals surface area contributed by atoms with Crippen LogP contribution in [0.25, 0.3) is 17.1 Å². The number of aryl methyl sites for hydroxylation is 1. The van der Waals surface area contributed by atoms with E-state index in [0.717, 1.165) is 22.8 Å². The van der Waals surface area contributed by atoms with Gasteiger partial charge in [-0.15, -0.1) is 0 Å². The van der Waals surface area contributed by atoms with Crippen molar-refractivity contribution in [2.24, 2.45) is 0 Å². The van der Waals surface area contributed by atoms with E-state index in [1.807, 2.05) is 24.3 Å². The molecule has 10 heteroatoms. The van der Waals surface area contributed by atoms with Crippen LogP contribution in [-0.4, -0.2) is 32.3 Å². The average Bonchev–Trinajstić information content (AvgIpc) is 3.28. The van der Waals surface area contributed by atoms with Crippen LogP contribution in [0.15, 0.2) is 60.8 Å². The Labute approximate surface area is 211 Å². The van der Waals surface area contributed by atoms with Gasteiger partial charge in [0.25, 0.3) is 5.91 Å². The number of hydrogen-bond acceptors (Lipinski definition) is 5. The van der Waals surface area contributed by atoms with E-state index in [2.05, 4.69) is 23.9 Å². The zero-order chi connectivity index (χ0) is 26.3. The summed E-state index contributed by atoms with van der Waals surface area (Å²) in [5, 5.41) is 3.69. The molecule has 0 bridgehead atoms. The van der Waals surface area contributed by atoms with Crippen LogP contribution in [0.5, 0.6) is 5.75 Å². The number of aromatic nitrogens is 4. The Balaban J connectivity index is 1.44. The van der Waals surface area contributed by atoms with Gasteiger partial charge < -0.3 is 4.74 Å². The number of anilines is 1. The number of amides is 1. The second kappa shape index (κ2) is 9.34. The summed E-state index contributed by atoms with van der Waals surface area (Å²) >= 11 is 0. The number of carbonyl (C=O) groups excluding carboxylic acids is 1. The molecule has 0 saturated carbocycles. The Morgan fingerprint density at radius 3 is 2.49 bits per heavy atom. The maximum Gasteiger partial charge on any atom is 0.435 e. The number of halogens is 3. The summed E-state index contributed by atoms with van der Waals surface area (Å²) in [5.74, 6) is 1.29. The van der Waals surface area contributed by atoms with Crippen molar-refractivity contribution >= 4 is 11.7 Å². The van der Waals surface area contributed by atoms with Gasteiger partial charge in [-0.3, -0.25) is 9.69 Å². The number of benzene rings is 2. The van der Waals surface area contributed by atoms with E-state index in [0.29, 0.717) is 28.8 Å². The van der Waals surface area contributed by atoms with Crippen LogP contribution < -0.4 is 9.64 Å². The van der Waals surface area contributed by atoms with Crippen molar-refractivity contribution in [3.8, 4) is 22.8 Å². The van der Waals surface area contributed by atoms with Gasteiger partial charge in [0.15, 0.2) is 29.7 Å². The summed E-state index contributed by atoms with van der Waals surface area (Å²) in [6.07, 6.45) is -2.94.